The quantitative estimate of drug-likeness (QED) is 0.767. The molecule has 0 saturated carbocycles. The molecule has 0 radical (unpaired) electrons. The molecule has 0 spiro atoms. The van der Waals surface area contributed by atoms with Crippen molar-refractivity contribution in [2.75, 3.05) is 23.8 Å². The van der Waals surface area contributed by atoms with Crippen molar-refractivity contribution in [2.45, 2.75) is 26.2 Å². The van der Waals surface area contributed by atoms with Crippen molar-refractivity contribution in [3.8, 4) is 0 Å². The average Bonchev–Trinajstić information content (AvgIpc) is 2.60. The van der Waals surface area contributed by atoms with Crippen LogP contribution in [0.4, 0.5) is 11.4 Å². The van der Waals surface area contributed by atoms with Crippen LogP contribution in [-0.4, -0.2) is 30.6 Å². The van der Waals surface area contributed by atoms with Crippen molar-refractivity contribution in [2.24, 2.45) is 0 Å². The SMILES string of the molecule is CCCN(C)c1ccc(C(=O)Nc2cccc(CCC(=O)O)c2)cc1. The van der Waals surface area contributed by atoms with Gasteiger partial charge in [-0.1, -0.05) is 19.1 Å². The molecule has 0 heterocycles. The largest absolute Gasteiger partial charge is 0.481 e. The van der Waals surface area contributed by atoms with Crippen LogP contribution in [0.1, 0.15) is 35.7 Å². The third-order valence-electron chi connectivity index (χ3n) is 3.94. The minimum atomic E-state index is -0.831. The highest BCUT2D eigenvalue weighted by atomic mass is 16.4. The average molecular weight is 340 g/mol. The lowest BCUT2D eigenvalue weighted by molar-refractivity contribution is -0.136. The first kappa shape index (κ1) is 18.5. The van der Waals surface area contributed by atoms with Crippen molar-refractivity contribution < 1.29 is 14.7 Å². The van der Waals surface area contributed by atoms with Crippen molar-refractivity contribution in [3.05, 3.63) is 59.7 Å². The third-order valence-corrected chi connectivity index (χ3v) is 3.94. The molecule has 5 heteroatoms. The number of benzene rings is 2. The first-order chi connectivity index (χ1) is 12.0. The summed E-state index contributed by atoms with van der Waals surface area (Å²) in [6.45, 7) is 3.09. The molecule has 0 aliphatic rings. The fourth-order valence-electron chi connectivity index (χ4n) is 2.59. The number of carboxylic acid groups (broad SMARTS) is 1. The Hall–Kier alpha value is -2.82. The monoisotopic (exact) mass is 340 g/mol. The summed E-state index contributed by atoms with van der Waals surface area (Å²) in [7, 11) is 2.03. The summed E-state index contributed by atoms with van der Waals surface area (Å²) in [5.74, 6) is -1.01. The summed E-state index contributed by atoms with van der Waals surface area (Å²) < 4.78 is 0. The number of aryl methyl sites for hydroxylation is 1. The normalized spacial score (nSPS) is 10.3. The van der Waals surface area contributed by atoms with Crippen molar-refractivity contribution >= 4 is 23.3 Å². The molecule has 2 aromatic rings. The van der Waals surface area contributed by atoms with E-state index >= 15 is 0 Å². The predicted octanol–water partition coefficient (Wildman–Crippen LogP) is 3.80. The van der Waals surface area contributed by atoms with Crippen LogP contribution >= 0.6 is 0 Å². The van der Waals surface area contributed by atoms with Crippen LogP contribution in [-0.2, 0) is 11.2 Å². The third kappa shape index (κ3) is 5.64. The number of hydrogen-bond acceptors (Lipinski definition) is 3. The smallest absolute Gasteiger partial charge is 0.303 e. The molecule has 0 aliphatic heterocycles. The minimum Gasteiger partial charge on any atom is -0.481 e. The highest BCUT2D eigenvalue weighted by Crippen LogP contribution is 2.17. The summed E-state index contributed by atoms with van der Waals surface area (Å²) in [5.41, 5.74) is 3.22. The van der Waals surface area contributed by atoms with Gasteiger partial charge in [-0.3, -0.25) is 9.59 Å². The van der Waals surface area contributed by atoms with Gasteiger partial charge in [0.2, 0.25) is 0 Å². The van der Waals surface area contributed by atoms with Gasteiger partial charge < -0.3 is 15.3 Å². The number of rotatable bonds is 8. The van der Waals surface area contributed by atoms with Gasteiger partial charge in [0.1, 0.15) is 0 Å². The van der Waals surface area contributed by atoms with Crippen molar-refractivity contribution in [1.82, 2.24) is 0 Å². The topological polar surface area (TPSA) is 69.6 Å². The van der Waals surface area contributed by atoms with E-state index in [4.69, 9.17) is 5.11 Å². The minimum absolute atomic E-state index is 0.0736. The van der Waals surface area contributed by atoms with Crippen LogP contribution in [0, 0.1) is 0 Å². The number of amides is 1. The fraction of sp³-hybridized carbons (Fsp3) is 0.300. The zero-order chi connectivity index (χ0) is 18.2. The predicted molar refractivity (Wildman–Crippen MR) is 100 cm³/mol. The van der Waals surface area contributed by atoms with E-state index in [0.717, 1.165) is 24.2 Å². The number of carboxylic acids is 1. The zero-order valence-electron chi connectivity index (χ0n) is 14.7. The first-order valence-corrected chi connectivity index (χ1v) is 8.43. The number of anilines is 2. The van der Waals surface area contributed by atoms with Crippen LogP contribution in [0.3, 0.4) is 0 Å². The highest BCUT2D eigenvalue weighted by Gasteiger charge is 2.08. The van der Waals surface area contributed by atoms with Gasteiger partial charge in [0.05, 0.1) is 0 Å². The zero-order valence-corrected chi connectivity index (χ0v) is 14.7. The Morgan fingerprint density at radius 3 is 2.48 bits per heavy atom. The second-order valence-corrected chi connectivity index (χ2v) is 6.02. The lowest BCUT2D eigenvalue weighted by Gasteiger charge is -2.18. The van der Waals surface area contributed by atoms with Gasteiger partial charge in [-0.25, -0.2) is 0 Å². The van der Waals surface area contributed by atoms with E-state index in [1.54, 1.807) is 6.07 Å². The number of hydrogen-bond donors (Lipinski definition) is 2. The lowest BCUT2D eigenvalue weighted by atomic mass is 10.1. The van der Waals surface area contributed by atoms with Crippen LogP contribution in [0.5, 0.6) is 0 Å². The summed E-state index contributed by atoms with van der Waals surface area (Å²) in [6.07, 6.45) is 1.58. The van der Waals surface area contributed by atoms with Crippen molar-refractivity contribution in [3.63, 3.8) is 0 Å². The Morgan fingerprint density at radius 2 is 1.84 bits per heavy atom. The van der Waals surface area contributed by atoms with Crippen LogP contribution in [0.2, 0.25) is 0 Å². The molecule has 0 saturated heterocycles. The van der Waals surface area contributed by atoms with Crippen LogP contribution < -0.4 is 10.2 Å². The Morgan fingerprint density at radius 1 is 1.12 bits per heavy atom. The number of nitrogens with one attached hydrogen (secondary N) is 1. The maximum Gasteiger partial charge on any atom is 0.303 e. The summed E-state index contributed by atoms with van der Waals surface area (Å²) >= 11 is 0. The molecule has 132 valence electrons. The summed E-state index contributed by atoms with van der Waals surface area (Å²) in [5, 5.41) is 11.6. The van der Waals surface area contributed by atoms with Gasteiger partial charge >= 0.3 is 5.97 Å². The molecular weight excluding hydrogens is 316 g/mol. The molecular formula is C20H24N2O3. The second kappa shape index (κ2) is 8.87. The van der Waals surface area contributed by atoms with E-state index in [1.807, 2.05) is 49.5 Å². The number of carbonyl (C=O) groups excluding carboxylic acids is 1. The molecule has 25 heavy (non-hydrogen) atoms. The van der Waals surface area contributed by atoms with E-state index in [1.165, 1.54) is 0 Å². The Bertz CT molecular complexity index is 726. The van der Waals surface area contributed by atoms with Gasteiger partial charge in [-0.2, -0.15) is 0 Å². The summed E-state index contributed by atoms with van der Waals surface area (Å²) in [6, 6.07) is 14.8. The molecule has 0 aliphatic carbocycles. The molecule has 0 atom stereocenters. The molecule has 0 fully saturated rings. The number of carbonyl (C=O) groups is 2. The van der Waals surface area contributed by atoms with Crippen LogP contribution in [0.15, 0.2) is 48.5 Å². The van der Waals surface area contributed by atoms with Gasteiger partial charge in [0.25, 0.3) is 5.91 Å². The molecule has 2 N–H and O–H groups in total. The highest BCUT2D eigenvalue weighted by molar-refractivity contribution is 6.04. The van der Waals surface area contributed by atoms with Gasteiger partial charge in [-0.05, 0) is 54.8 Å². The Balaban J connectivity index is 2.01. The van der Waals surface area contributed by atoms with E-state index in [9.17, 15) is 9.59 Å². The second-order valence-electron chi connectivity index (χ2n) is 6.02. The van der Waals surface area contributed by atoms with Gasteiger partial charge in [0.15, 0.2) is 0 Å². The standard InChI is InChI=1S/C20H24N2O3/c1-3-13-22(2)18-10-8-16(9-11-18)20(25)21-17-6-4-5-15(14-17)7-12-19(23)24/h4-6,8-11,14H,3,7,12-13H2,1-2H3,(H,21,25)(H,23,24). The van der Waals surface area contributed by atoms with Gasteiger partial charge in [0, 0.05) is 37.0 Å². The maximum atomic E-state index is 12.4. The Kier molecular flexibility index (Phi) is 6.57. The Labute approximate surface area is 148 Å². The molecule has 2 aromatic carbocycles. The molecule has 1 amide bonds. The summed E-state index contributed by atoms with van der Waals surface area (Å²) in [4.78, 5) is 25.2. The number of nitrogens with zero attached hydrogens (tertiary/aromatic N) is 1. The van der Waals surface area contributed by atoms with E-state index < -0.39 is 5.97 Å². The van der Waals surface area contributed by atoms with Gasteiger partial charge in [-0.15, -0.1) is 0 Å². The van der Waals surface area contributed by atoms with Crippen LogP contribution in [0.25, 0.3) is 0 Å². The molecule has 2 rings (SSSR count). The maximum absolute atomic E-state index is 12.4. The van der Waals surface area contributed by atoms with E-state index in [-0.39, 0.29) is 12.3 Å². The van der Waals surface area contributed by atoms with Crippen molar-refractivity contribution in [1.29, 1.82) is 0 Å². The lowest BCUT2D eigenvalue weighted by Crippen LogP contribution is -2.18. The van der Waals surface area contributed by atoms with E-state index in [2.05, 4.69) is 17.1 Å². The molecule has 0 bridgehead atoms. The fourth-order valence-corrected chi connectivity index (χ4v) is 2.59. The number of aliphatic carboxylic acids is 1. The van der Waals surface area contributed by atoms with E-state index in [0.29, 0.717) is 17.7 Å². The molecule has 0 unspecified atom stereocenters. The first-order valence-electron chi connectivity index (χ1n) is 8.43. The molecule has 0 aromatic heterocycles. The molecule has 5 nitrogen and oxygen atoms in total.